The minimum absolute atomic E-state index is 0.133. The maximum absolute atomic E-state index is 11.4. The van der Waals surface area contributed by atoms with Gasteiger partial charge in [0.1, 0.15) is 5.60 Å². The molecule has 3 atom stereocenters. The Labute approximate surface area is 110 Å². The van der Waals surface area contributed by atoms with Gasteiger partial charge in [0.15, 0.2) is 0 Å². The minimum Gasteiger partial charge on any atom is -0.459 e. The van der Waals surface area contributed by atoms with Crippen molar-refractivity contribution >= 4 is 5.97 Å². The minimum atomic E-state index is -0.226. The first-order chi connectivity index (χ1) is 8.61. The topological polar surface area (TPSA) is 35.5 Å². The standard InChI is InChI=1S/C15H26O3/c1-4-12-10-13(14(5-2)17-12)15(18-11(3)16)8-6-7-9-15/h12-14H,4-10H2,1-3H3. The molecule has 0 N–H and O–H groups in total. The van der Waals surface area contributed by atoms with Gasteiger partial charge in [0, 0.05) is 12.8 Å². The van der Waals surface area contributed by atoms with Crippen LogP contribution in [-0.4, -0.2) is 23.8 Å². The summed E-state index contributed by atoms with van der Waals surface area (Å²) < 4.78 is 11.9. The molecule has 2 fully saturated rings. The lowest BCUT2D eigenvalue weighted by Gasteiger charge is -2.36. The van der Waals surface area contributed by atoms with E-state index < -0.39 is 0 Å². The molecule has 3 nitrogen and oxygen atoms in total. The molecule has 0 aromatic heterocycles. The average Bonchev–Trinajstić information content (AvgIpc) is 2.94. The van der Waals surface area contributed by atoms with Crippen molar-refractivity contribution in [3.8, 4) is 0 Å². The van der Waals surface area contributed by atoms with Crippen molar-refractivity contribution in [1.29, 1.82) is 0 Å². The molecule has 1 heterocycles. The SMILES string of the molecule is CCC1CC(C2(OC(C)=O)CCCC2)C(CC)O1. The maximum Gasteiger partial charge on any atom is 0.303 e. The Bertz CT molecular complexity index is 294. The zero-order valence-electron chi connectivity index (χ0n) is 11.9. The van der Waals surface area contributed by atoms with Crippen molar-refractivity contribution in [3.63, 3.8) is 0 Å². The first-order valence-corrected chi connectivity index (χ1v) is 7.46. The number of rotatable bonds is 4. The summed E-state index contributed by atoms with van der Waals surface area (Å²) in [6.45, 7) is 5.88. The van der Waals surface area contributed by atoms with Gasteiger partial charge in [0.25, 0.3) is 0 Å². The summed E-state index contributed by atoms with van der Waals surface area (Å²) in [6.07, 6.45) is 8.16. The molecule has 0 radical (unpaired) electrons. The molecular formula is C15H26O3. The fourth-order valence-corrected chi connectivity index (χ4v) is 3.84. The lowest BCUT2D eigenvalue weighted by Crippen LogP contribution is -2.43. The van der Waals surface area contributed by atoms with E-state index in [2.05, 4.69) is 13.8 Å². The number of ether oxygens (including phenoxy) is 2. The van der Waals surface area contributed by atoms with Gasteiger partial charge in [-0.05, 0) is 44.9 Å². The molecule has 0 bridgehead atoms. The normalized spacial score (nSPS) is 34.7. The molecule has 2 rings (SSSR count). The Morgan fingerprint density at radius 3 is 2.44 bits per heavy atom. The fraction of sp³-hybridized carbons (Fsp3) is 0.933. The summed E-state index contributed by atoms with van der Waals surface area (Å²) in [4.78, 5) is 11.4. The third-order valence-electron chi connectivity index (χ3n) is 4.66. The van der Waals surface area contributed by atoms with Gasteiger partial charge < -0.3 is 9.47 Å². The van der Waals surface area contributed by atoms with Gasteiger partial charge in [-0.15, -0.1) is 0 Å². The highest BCUT2D eigenvalue weighted by atomic mass is 16.6. The van der Waals surface area contributed by atoms with E-state index in [0.29, 0.717) is 12.0 Å². The Morgan fingerprint density at radius 1 is 1.28 bits per heavy atom. The van der Waals surface area contributed by atoms with Gasteiger partial charge in [0.2, 0.25) is 0 Å². The van der Waals surface area contributed by atoms with E-state index in [9.17, 15) is 4.79 Å². The summed E-state index contributed by atoms with van der Waals surface area (Å²) >= 11 is 0. The fourth-order valence-electron chi connectivity index (χ4n) is 3.84. The van der Waals surface area contributed by atoms with Crippen LogP contribution in [0.4, 0.5) is 0 Å². The summed E-state index contributed by atoms with van der Waals surface area (Å²) in [5.41, 5.74) is -0.226. The van der Waals surface area contributed by atoms with Crippen LogP contribution in [0.1, 0.15) is 65.7 Å². The Morgan fingerprint density at radius 2 is 1.94 bits per heavy atom. The monoisotopic (exact) mass is 254 g/mol. The highest BCUT2D eigenvalue weighted by molar-refractivity contribution is 5.66. The summed E-state index contributed by atoms with van der Waals surface area (Å²) in [7, 11) is 0. The molecule has 1 saturated heterocycles. The van der Waals surface area contributed by atoms with Crippen LogP contribution in [0.3, 0.4) is 0 Å². The van der Waals surface area contributed by atoms with Crippen molar-refractivity contribution < 1.29 is 14.3 Å². The molecule has 0 aromatic carbocycles. The van der Waals surface area contributed by atoms with E-state index in [0.717, 1.165) is 32.1 Å². The second-order valence-electron chi connectivity index (χ2n) is 5.82. The lowest BCUT2D eigenvalue weighted by atomic mass is 9.79. The summed E-state index contributed by atoms with van der Waals surface area (Å²) in [6, 6.07) is 0. The van der Waals surface area contributed by atoms with E-state index in [4.69, 9.17) is 9.47 Å². The van der Waals surface area contributed by atoms with Crippen molar-refractivity contribution in [1.82, 2.24) is 0 Å². The van der Waals surface area contributed by atoms with E-state index in [-0.39, 0.29) is 17.7 Å². The third-order valence-corrected chi connectivity index (χ3v) is 4.66. The first-order valence-electron chi connectivity index (χ1n) is 7.46. The second kappa shape index (κ2) is 5.60. The lowest BCUT2D eigenvalue weighted by molar-refractivity contribution is -0.165. The second-order valence-corrected chi connectivity index (χ2v) is 5.82. The van der Waals surface area contributed by atoms with Crippen molar-refractivity contribution in [2.75, 3.05) is 0 Å². The molecule has 1 saturated carbocycles. The van der Waals surface area contributed by atoms with Crippen molar-refractivity contribution in [2.45, 2.75) is 83.5 Å². The van der Waals surface area contributed by atoms with Crippen LogP contribution in [0, 0.1) is 5.92 Å². The third kappa shape index (κ3) is 2.56. The Hall–Kier alpha value is -0.570. The van der Waals surface area contributed by atoms with Crippen LogP contribution in [0.25, 0.3) is 0 Å². The molecule has 0 amide bonds. The first kappa shape index (κ1) is 13.9. The zero-order chi connectivity index (χ0) is 13.2. The van der Waals surface area contributed by atoms with Crippen LogP contribution in [0.5, 0.6) is 0 Å². The van der Waals surface area contributed by atoms with Gasteiger partial charge in [-0.25, -0.2) is 0 Å². The van der Waals surface area contributed by atoms with Gasteiger partial charge >= 0.3 is 5.97 Å². The van der Waals surface area contributed by atoms with Crippen LogP contribution in [-0.2, 0) is 14.3 Å². The predicted octanol–water partition coefficient (Wildman–Crippen LogP) is 3.46. The largest absolute Gasteiger partial charge is 0.459 e. The molecule has 18 heavy (non-hydrogen) atoms. The number of carbonyl (C=O) groups excluding carboxylic acids is 1. The molecule has 104 valence electrons. The summed E-state index contributed by atoms with van der Waals surface area (Å²) in [5, 5.41) is 0. The number of carbonyl (C=O) groups is 1. The highest BCUT2D eigenvalue weighted by Crippen LogP contribution is 2.47. The quantitative estimate of drug-likeness (QED) is 0.721. The average molecular weight is 254 g/mol. The Kier molecular flexibility index (Phi) is 4.31. The zero-order valence-corrected chi connectivity index (χ0v) is 11.9. The molecular weight excluding hydrogens is 228 g/mol. The predicted molar refractivity (Wildman–Crippen MR) is 70.3 cm³/mol. The number of hydrogen-bond donors (Lipinski definition) is 0. The van der Waals surface area contributed by atoms with Gasteiger partial charge in [-0.1, -0.05) is 13.8 Å². The number of esters is 1. The van der Waals surface area contributed by atoms with Crippen LogP contribution >= 0.6 is 0 Å². The molecule has 3 unspecified atom stereocenters. The molecule has 3 heteroatoms. The van der Waals surface area contributed by atoms with Gasteiger partial charge in [-0.2, -0.15) is 0 Å². The molecule has 2 aliphatic rings. The maximum atomic E-state index is 11.4. The van der Waals surface area contributed by atoms with Crippen LogP contribution in [0.15, 0.2) is 0 Å². The van der Waals surface area contributed by atoms with E-state index in [1.54, 1.807) is 0 Å². The molecule has 0 spiro atoms. The van der Waals surface area contributed by atoms with Crippen molar-refractivity contribution in [2.24, 2.45) is 5.92 Å². The molecule has 0 aromatic rings. The highest BCUT2D eigenvalue weighted by Gasteiger charge is 2.51. The molecule has 1 aliphatic carbocycles. The van der Waals surface area contributed by atoms with Gasteiger partial charge in [-0.3, -0.25) is 4.79 Å². The van der Waals surface area contributed by atoms with Crippen molar-refractivity contribution in [3.05, 3.63) is 0 Å². The van der Waals surface area contributed by atoms with Crippen LogP contribution in [0.2, 0.25) is 0 Å². The number of hydrogen-bond acceptors (Lipinski definition) is 3. The van der Waals surface area contributed by atoms with Gasteiger partial charge in [0.05, 0.1) is 12.2 Å². The smallest absolute Gasteiger partial charge is 0.303 e. The summed E-state index contributed by atoms with van der Waals surface area (Å²) in [5.74, 6) is 0.269. The molecule has 1 aliphatic heterocycles. The Balaban J connectivity index is 2.16. The van der Waals surface area contributed by atoms with E-state index >= 15 is 0 Å². The van der Waals surface area contributed by atoms with E-state index in [1.165, 1.54) is 19.8 Å². The van der Waals surface area contributed by atoms with E-state index in [1.807, 2.05) is 0 Å². The van der Waals surface area contributed by atoms with Crippen LogP contribution < -0.4 is 0 Å².